The molecule has 1 N–H and O–H groups in total. The van der Waals surface area contributed by atoms with E-state index in [9.17, 15) is 0 Å². The van der Waals surface area contributed by atoms with E-state index in [4.69, 9.17) is 14.1 Å². The Kier molecular flexibility index (Phi) is 5.21. The summed E-state index contributed by atoms with van der Waals surface area (Å²) in [5.74, 6) is 1.73. The van der Waals surface area contributed by atoms with Gasteiger partial charge in [-0.25, -0.2) is 4.98 Å². The second kappa shape index (κ2) is 8.10. The van der Waals surface area contributed by atoms with Crippen LogP contribution in [0.2, 0.25) is 0 Å². The van der Waals surface area contributed by atoms with Crippen LogP contribution in [0.3, 0.4) is 0 Å². The maximum absolute atomic E-state index is 5.40. The third-order valence-corrected chi connectivity index (χ3v) is 5.28. The van der Waals surface area contributed by atoms with E-state index in [1.165, 1.54) is 10.4 Å². The molecular formula is C22H20N2O2S. The highest BCUT2D eigenvalue weighted by atomic mass is 32.1. The highest BCUT2D eigenvalue weighted by Gasteiger charge is 2.14. The van der Waals surface area contributed by atoms with Crippen molar-refractivity contribution >= 4 is 16.5 Å². The molecule has 2 aromatic carbocycles. The fourth-order valence-corrected chi connectivity index (χ4v) is 3.89. The van der Waals surface area contributed by atoms with Crippen LogP contribution in [0, 0.1) is 0 Å². The Morgan fingerprint density at radius 1 is 1.00 bits per heavy atom. The van der Waals surface area contributed by atoms with Crippen molar-refractivity contribution in [2.45, 2.75) is 13.0 Å². The van der Waals surface area contributed by atoms with Crippen LogP contribution < -0.4 is 10.1 Å². The summed E-state index contributed by atoms with van der Waals surface area (Å²) in [6, 6.07) is 22.4. The monoisotopic (exact) mass is 376 g/mol. The molecule has 4 aromatic rings. The summed E-state index contributed by atoms with van der Waals surface area (Å²) in [5.41, 5.74) is 3.37. The molecule has 0 saturated carbocycles. The van der Waals surface area contributed by atoms with E-state index in [-0.39, 0.29) is 0 Å². The van der Waals surface area contributed by atoms with Gasteiger partial charge in [0, 0.05) is 16.9 Å². The van der Waals surface area contributed by atoms with Gasteiger partial charge in [-0.1, -0.05) is 30.3 Å². The van der Waals surface area contributed by atoms with Gasteiger partial charge in [-0.15, -0.1) is 11.3 Å². The smallest absolute Gasteiger partial charge is 0.183 e. The molecule has 27 heavy (non-hydrogen) atoms. The van der Waals surface area contributed by atoms with Crippen molar-refractivity contribution < 1.29 is 9.15 Å². The van der Waals surface area contributed by atoms with E-state index >= 15 is 0 Å². The second-order valence-electron chi connectivity index (χ2n) is 6.11. The molecule has 0 amide bonds. The minimum Gasteiger partial charge on any atom is -0.497 e. The van der Waals surface area contributed by atoms with Crippen LogP contribution in [0.5, 0.6) is 5.75 Å². The first kappa shape index (κ1) is 17.4. The molecule has 0 aliphatic heterocycles. The van der Waals surface area contributed by atoms with Crippen LogP contribution in [-0.4, -0.2) is 12.1 Å². The number of thiazole rings is 1. The zero-order chi connectivity index (χ0) is 18.5. The SMILES string of the molecule is COc1ccc(-c2nc(NCc3ccco3)sc2Cc2ccccc2)cc1. The Morgan fingerprint density at radius 2 is 1.81 bits per heavy atom. The molecule has 2 heterocycles. The van der Waals surface area contributed by atoms with Crippen LogP contribution in [0.4, 0.5) is 5.13 Å². The average molecular weight is 376 g/mol. The maximum atomic E-state index is 5.40. The second-order valence-corrected chi connectivity index (χ2v) is 7.20. The minimum atomic E-state index is 0.618. The molecule has 5 heteroatoms. The fraction of sp³-hybridized carbons (Fsp3) is 0.136. The van der Waals surface area contributed by atoms with Crippen LogP contribution in [0.15, 0.2) is 77.4 Å². The van der Waals surface area contributed by atoms with Crippen molar-refractivity contribution in [1.82, 2.24) is 4.98 Å². The zero-order valence-corrected chi connectivity index (χ0v) is 15.8. The van der Waals surface area contributed by atoms with Crippen molar-refractivity contribution in [3.8, 4) is 17.0 Å². The predicted octanol–water partition coefficient (Wildman–Crippen LogP) is 5.61. The van der Waals surface area contributed by atoms with E-state index in [0.29, 0.717) is 6.54 Å². The molecule has 4 rings (SSSR count). The summed E-state index contributed by atoms with van der Waals surface area (Å²) in [6.07, 6.45) is 2.53. The summed E-state index contributed by atoms with van der Waals surface area (Å²) in [4.78, 5) is 6.09. The number of furan rings is 1. The lowest BCUT2D eigenvalue weighted by Gasteiger charge is -2.04. The number of hydrogen-bond acceptors (Lipinski definition) is 5. The van der Waals surface area contributed by atoms with Gasteiger partial charge in [-0.05, 0) is 42.0 Å². The number of hydrogen-bond donors (Lipinski definition) is 1. The molecular weight excluding hydrogens is 356 g/mol. The summed E-state index contributed by atoms with van der Waals surface area (Å²) < 4.78 is 10.7. The third-order valence-electron chi connectivity index (χ3n) is 4.26. The molecule has 0 aliphatic carbocycles. The first-order valence-electron chi connectivity index (χ1n) is 8.76. The topological polar surface area (TPSA) is 47.3 Å². The maximum Gasteiger partial charge on any atom is 0.183 e. The number of anilines is 1. The highest BCUT2D eigenvalue weighted by molar-refractivity contribution is 7.16. The lowest BCUT2D eigenvalue weighted by molar-refractivity contribution is 0.415. The van der Waals surface area contributed by atoms with Crippen LogP contribution in [0.1, 0.15) is 16.2 Å². The molecule has 136 valence electrons. The summed E-state index contributed by atoms with van der Waals surface area (Å²) in [7, 11) is 1.68. The Morgan fingerprint density at radius 3 is 2.52 bits per heavy atom. The lowest BCUT2D eigenvalue weighted by Crippen LogP contribution is -1.97. The summed E-state index contributed by atoms with van der Waals surface area (Å²) in [6.45, 7) is 0.618. The normalized spacial score (nSPS) is 10.7. The van der Waals surface area contributed by atoms with Crippen molar-refractivity contribution in [2.24, 2.45) is 0 Å². The Bertz CT molecular complexity index is 977. The van der Waals surface area contributed by atoms with Gasteiger partial charge in [0.2, 0.25) is 0 Å². The number of rotatable bonds is 7. The first-order chi connectivity index (χ1) is 13.3. The van der Waals surface area contributed by atoms with E-state index in [1.807, 2.05) is 30.3 Å². The molecule has 2 aromatic heterocycles. The van der Waals surface area contributed by atoms with Crippen molar-refractivity contribution in [2.75, 3.05) is 12.4 Å². The van der Waals surface area contributed by atoms with Crippen molar-refractivity contribution in [1.29, 1.82) is 0 Å². The van der Waals surface area contributed by atoms with Gasteiger partial charge in [0.15, 0.2) is 5.13 Å². The molecule has 0 atom stereocenters. The van der Waals surface area contributed by atoms with E-state index in [2.05, 4.69) is 41.7 Å². The standard InChI is InChI=1S/C22H20N2O2S/c1-25-18-11-9-17(10-12-18)21-20(14-16-6-3-2-4-7-16)27-22(24-21)23-15-19-8-5-13-26-19/h2-13H,14-15H2,1H3,(H,23,24). The summed E-state index contributed by atoms with van der Waals surface area (Å²) >= 11 is 1.69. The number of aromatic nitrogens is 1. The number of ether oxygens (including phenoxy) is 1. The van der Waals surface area contributed by atoms with Crippen LogP contribution >= 0.6 is 11.3 Å². The third kappa shape index (κ3) is 4.20. The van der Waals surface area contributed by atoms with Gasteiger partial charge in [-0.3, -0.25) is 0 Å². The molecule has 0 saturated heterocycles. The number of benzene rings is 2. The number of nitrogens with one attached hydrogen (secondary N) is 1. The molecule has 0 radical (unpaired) electrons. The van der Waals surface area contributed by atoms with Gasteiger partial charge < -0.3 is 14.5 Å². The van der Waals surface area contributed by atoms with Gasteiger partial charge >= 0.3 is 0 Å². The minimum absolute atomic E-state index is 0.618. The Hall–Kier alpha value is -3.05. The highest BCUT2D eigenvalue weighted by Crippen LogP contribution is 2.34. The molecule has 4 nitrogen and oxygen atoms in total. The van der Waals surface area contributed by atoms with E-state index in [1.54, 1.807) is 24.7 Å². The van der Waals surface area contributed by atoms with Crippen LogP contribution in [0.25, 0.3) is 11.3 Å². The van der Waals surface area contributed by atoms with Gasteiger partial charge in [0.05, 0.1) is 25.6 Å². The lowest BCUT2D eigenvalue weighted by atomic mass is 10.1. The average Bonchev–Trinajstić information content (AvgIpc) is 3.37. The molecule has 0 bridgehead atoms. The van der Waals surface area contributed by atoms with Gasteiger partial charge in [0.1, 0.15) is 11.5 Å². The van der Waals surface area contributed by atoms with E-state index in [0.717, 1.165) is 34.3 Å². The molecule has 0 spiro atoms. The first-order valence-corrected chi connectivity index (χ1v) is 9.58. The predicted molar refractivity (Wildman–Crippen MR) is 109 cm³/mol. The summed E-state index contributed by atoms with van der Waals surface area (Å²) in [5, 5.41) is 4.27. The van der Waals surface area contributed by atoms with Crippen molar-refractivity contribution in [3.63, 3.8) is 0 Å². The molecule has 0 unspecified atom stereocenters. The quantitative estimate of drug-likeness (QED) is 0.455. The zero-order valence-electron chi connectivity index (χ0n) is 15.0. The van der Waals surface area contributed by atoms with E-state index < -0.39 is 0 Å². The molecule has 0 fully saturated rings. The molecule has 0 aliphatic rings. The Balaban J connectivity index is 1.63. The number of methoxy groups -OCH3 is 1. The van der Waals surface area contributed by atoms with Gasteiger partial charge in [-0.2, -0.15) is 0 Å². The Labute approximate surface area is 162 Å². The fourth-order valence-electron chi connectivity index (χ4n) is 2.88. The number of nitrogens with zero attached hydrogens (tertiary/aromatic N) is 1. The van der Waals surface area contributed by atoms with Gasteiger partial charge in [0.25, 0.3) is 0 Å². The van der Waals surface area contributed by atoms with Crippen molar-refractivity contribution in [3.05, 3.63) is 89.2 Å². The van der Waals surface area contributed by atoms with Crippen LogP contribution in [-0.2, 0) is 13.0 Å². The largest absolute Gasteiger partial charge is 0.497 e.